The molecule has 170 valence electrons. The molecule has 2 N–H and O–H groups in total. The zero-order valence-electron chi connectivity index (χ0n) is 19.0. The fourth-order valence-electron chi connectivity index (χ4n) is 4.74. The van der Waals surface area contributed by atoms with Gasteiger partial charge in [-0.1, -0.05) is 25.5 Å². The Balaban J connectivity index is 2.42. The average Bonchev–Trinajstić information content (AvgIpc) is 2.93. The molecule has 0 unspecified atom stereocenters. The van der Waals surface area contributed by atoms with E-state index in [0.29, 0.717) is 19.4 Å². The first kappa shape index (κ1) is 24.4. The van der Waals surface area contributed by atoms with Crippen LogP contribution in [-0.2, 0) is 19.1 Å². The second-order valence-corrected chi connectivity index (χ2v) is 9.36. The third-order valence-electron chi connectivity index (χ3n) is 5.87. The highest BCUT2D eigenvalue weighted by Crippen LogP contribution is 2.45. The van der Waals surface area contributed by atoms with Crippen molar-refractivity contribution in [3.05, 3.63) is 12.2 Å². The fraction of sp³-hybridized carbons (Fsp3) is 0.783. The van der Waals surface area contributed by atoms with Crippen LogP contribution in [0.4, 0.5) is 0 Å². The summed E-state index contributed by atoms with van der Waals surface area (Å²) in [6, 6.07) is -0.656. The number of amides is 2. The van der Waals surface area contributed by atoms with E-state index in [2.05, 4.69) is 12.2 Å². The number of carbonyl (C=O) groups is 3. The van der Waals surface area contributed by atoms with Crippen LogP contribution >= 0.6 is 0 Å². The van der Waals surface area contributed by atoms with Crippen LogP contribution in [0, 0.1) is 23.7 Å². The van der Waals surface area contributed by atoms with Crippen LogP contribution in [0.5, 0.6) is 0 Å². The quantitative estimate of drug-likeness (QED) is 0.338. The molecule has 1 heterocycles. The van der Waals surface area contributed by atoms with Gasteiger partial charge in [-0.15, -0.1) is 0 Å². The Morgan fingerprint density at radius 2 is 1.90 bits per heavy atom. The second kappa shape index (κ2) is 10.4. The first-order valence-electron chi connectivity index (χ1n) is 11.2. The van der Waals surface area contributed by atoms with Crippen molar-refractivity contribution in [3.8, 4) is 0 Å². The molecule has 30 heavy (non-hydrogen) atoms. The number of allylic oxidation sites excluding steroid dienone is 1. The summed E-state index contributed by atoms with van der Waals surface area (Å²) >= 11 is 0. The van der Waals surface area contributed by atoms with Gasteiger partial charge in [-0.25, -0.2) is 0 Å². The molecule has 2 aliphatic rings. The minimum absolute atomic E-state index is 0.0394. The number of aliphatic hydroxyl groups excluding tert-OH is 1. The largest absolute Gasteiger partial charge is 0.466 e. The first-order chi connectivity index (χ1) is 14.2. The number of hydrogen-bond acceptors (Lipinski definition) is 5. The van der Waals surface area contributed by atoms with Crippen molar-refractivity contribution in [1.82, 2.24) is 10.2 Å². The van der Waals surface area contributed by atoms with E-state index < -0.39 is 23.4 Å². The predicted molar refractivity (Wildman–Crippen MR) is 114 cm³/mol. The smallest absolute Gasteiger partial charge is 0.310 e. The number of aliphatic hydroxyl groups is 1. The number of nitrogens with zero attached hydrogens (tertiary/aromatic N) is 1. The summed E-state index contributed by atoms with van der Waals surface area (Å²) in [6.45, 7) is 10.2. The number of nitrogens with one attached hydrogen (secondary N) is 1. The number of rotatable bonds is 9. The summed E-state index contributed by atoms with van der Waals surface area (Å²) in [4.78, 5) is 41.2. The molecular weight excluding hydrogens is 384 g/mol. The van der Waals surface area contributed by atoms with Gasteiger partial charge >= 0.3 is 5.97 Å². The summed E-state index contributed by atoms with van der Waals surface area (Å²) in [5.74, 6) is -2.30. The van der Waals surface area contributed by atoms with Crippen molar-refractivity contribution < 1.29 is 24.2 Å². The van der Waals surface area contributed by atoms with Gasteiger partial charge in [0, 0.05) is 24.6 Å². The van der Waals surface area contributed by atoms with E-state index in [1.165, 1.54) is 0 Å². The molecule has 0 aromatic carbocycles. The molecule has 0 saturated carbocycles. The summed E-state index contributed by atoms with van der Waals surface area (Å²) in [5.41, 5.74) is -0.432. The Morgan fingerprint density at radius 3 is 2.47 bits per heavy atom. The van der Waals surface area contributed by atoms with Crippen LogP contribution in [-0.4, -0.2) is 59.1 Å². The molecule has 0 aromatic rings. The lowest BCUT2D eigenvalue weighted by Crippen LogP contribution is -2.52. The molecule has 0 spiro atoms. The number of hydrogen-bond donors (Lipinski definition) is 2. The van der Waals surface area contributed by atoms with Crippen molar-refractivity contribution in [2.75, 3.05) is 19.8 Å². The second-order valence-electron chi connectivity index (χ2n) is 9.36. The molecule has 1 saturated heterocycles. The van der Waals surface area contributed by atoms with Gasteiger partial charge in [-0.2, -0.15) is 0 Å². The van der Waals surface area contributed by atoms with E-state index in [4.69, 9.17) is 9.84 Å². The Hall–Kier alpha value is -1.89. The van der Waals surface area contributed by atoms with Gasteiger partial charge in [0.05, 0.1) is 18.4 Å². The van der Waals surface area contributed by atoms with Gasteiger partial charge in [0.2, 0.25) is 11.8 Å². The molecule has 1 aliphatic carbocycles. The molecule has 2 rings (SSSR count). The van der Waals surface area contributed by atoms with Crippen molar-refractivity contribution >= 4 is 17.8 Å². The number of likely N-dealkylation sites (tertiary alicyclic amines) is 1. The molecule has 0 aromatic heterocycles. The highest BCUT2D eigenvalue weighted by molar-refractivity contribution is 5.96. The lowest BCUT2D eigenvalue weighted by Gasteiger charge is -2.34. The topological polar surface area (TPSA) is 95.9 Å². The van der Waals surface area contributed by atoms with Gasteiger partial charge in [0.1, 0.15) is 6.04 Å². The van der Waals surface area contributed by atoms with Gasteiger partial charge in [-0.3, -0.25) is 14.4 Å². The normalized spacial score (nSPS) is 28.4. The average molecular weight is 423 g/mol. The summed E-state index contributed by atoms with van der Waals surface area (Å²) in [7, 11) is 0. The van der Waals surface area contributed by atoms with Crippen LogP contribution in [0.3, 0.4) is 0 Å². The van der Waals surface area contributed by atoms with Crippen LogP contribution < -0.4 is 5.32 Å². The maximum Gasteiger partial charge on any atom is 0.310 e. The van der Waals surface area contributed by atoms with Gasteiger partial charge in [0.15, 0.2) is 0 Å². The summed E-state index contributed by atoms with van der Waals surface area (Å²) in [5, 5.41) is 12.2. The monoisotopic (exact) mass is 422 g/mol. The summed E-state index contributed by atoms with van der Waals surface area (Å²) < 4.78 is 5.35. The molecular formula is C23H38N2O5. The number of unbranched alkanes of at least 4 members (excludes halogenated alkanes) is 1. The number of ether oxygens (including phenoxy) is 1. The Kier molecular flexibility index (Phi) is 8.47. The van der Waals surface area contributed by atoms with Gasteiger partial charge in [0.25, 0.3) is 0 Å². The van der Waals surface area contributed by atoms with Crippen LogP contribution in [0.1, 0.15) is 60.3 Å². The van der Waals surface area contributed by atoms with Crippen LogP contribution in [0.25, 0.3) is 0 Å². The number of fused-ring (bicyclic) bond motifs is 1. The third-order valence-corrected chi connectivity index (χ3v) is 5.87. The molecule has 2 amide bonds. The molecule has 7 nitrogen and oxygen atoms in total. The molecule has 5 atom stereocenters. The van der Waals surface area contributed by atoms with E-state index >= 15 is 0 Å². The number of esters is 1. The van der Waals surface area contributed by atoms with E-state index in [0.717, 1.165) is 12.8 Å². The van der Waals surface area contributed by atoms with Gasteiger partial charge in [-0.05, 0) is 52.9 Å². The Labute approximate surface area is 180 Å². The van der Waals surface area contributed by atoms with Crippen LogP contribution in [0.15, 0.2) is 12.2 Å². The van der Waals surface area contributed by atoms with Crippen molar-refractivity contribution in [2.24, 2.45) is 23.7 Å². The lowest BCUT2D eigenvalue weighted by molar-refractivity contribution is -0.155. The van der Waals surface area contributed by atoms with Crippen LogP contribution in [0.2, 0.25) is 0 Å². The van der Waals surface area contributed by atoms with E-state index in [1.807, 2.05) is 32.9 Å². The van der Waals surface area contributed by atoms with Gasteiger partial charge < -0.3 is 20.1 Å². The standard InChI is InChI=1S/C23H38N2O5/c1-6-10-15-11-12-16-18(17(15)22(29)30-7-2)21(28)25(13-8-9-14-26)19(16)20(27)24-23(3,4)5/h11-12,15-19,26H,6-10,13-14H2,1-5H3,(H,24,27)/t15-,16+,17-,18-,19+/m1/s1. The van der Waals surface area contributed by atoms with E-state index in [9.17, 15) is 14.4 Å². The van der Waals surface area contributed by atoms with Crippen molar-refractivity contribution in [1.29, 1.82) is 0 Å². The summed E-state index contributed by atoms with van der Waals surface area (Å²) in [6.07, 6.45) is 6.83. The molecule has 0 bridgehead atoms. The van der Waals surface area contributed by atoms with Crippen molar-refractivity contribution in [3.63, 3.8) is 0 Å². The highest BCUT2D eigenvalue weighted by Gasteiger charge is 2.57. The fourth-order valence-corrected chi connectivity index (χ4v) is 4.74. The SMILES string of the molecule is CCC[C@@H]1C=C[C@H]2[C@@H](C(=O)N(CCCCO)[C@@H]2C(=O)NC(C)(C)C)[C@@H]1C(=O)OCC. The molecule has 7 heteroatoms. The highest BCUT2D eigenvalue weighted by atomic mass is 16.5. The predicted octanol–water partition coefficient (Wildman–Crippen LogP) is 2.28. The van der Waals surface area contributed by atoms with E-state index in [1.54, 1.807) is 11.8 Å². The maximum absolute atomic E-state index is 13.5. The minimum atomic E-state index is -0.656. The first-order valence-corrected chi connectivity index (χ1v) is 11.2. The minimum Gasteiger partial charge on any atom is -0.466 e. The lowest BCUT2D eigenvalue weighted by atomic mass is 9.68. The molecule has 1 aliphatic heterocycles. The zero-order chi connectivity index (χ0) is 22.5. The molecule has 0 radical (unpaired) electrons. The third kappa shape index (κ3) is 5.42. The van der Waals surface area contributed by atoms with E-state index in [-0.39, 0.29) is 42.8 Å². The number of carbonyl (C=O) groups excluding carboxylic acids is 3. The zero-order valence-corrected chi connectivity index (χ0v) is 19.0. The maximum atomic E-state index is 13.5. The molecule has 1 fully saturated rings. The Bertz CT molecular complexity index is 654. The Morgan fingerprint density at radius 1 is 1.20 bits per heavy atom. The van der Waals surface area contributed by atoms with Crippen molar-refractivity contribution in [2.45, 2.75) is 71.9 Å².